The average molecular weight is 503 g/mol. The molecule has 1 amide bonds. The molecule has 28 heavy (non-hydrogen) atoms. The van der Waals surface area contributed by atoms with Crippen molar-refractivity contribution in [2.24, 2.45) is 4.99 Å². The number of amides is 1. The summed E-state index contributed by atoms with van der Waals surface area (Å²) in [6.45, 7) is 7.69. The van der Waals surface area contributed by atoms with Crippen LogP contribution in [0, 0.1) is 5.82 Å². The van der Waals surface area contributed by atoms with Crippen molar-refractivity contribution in [3.05, 3.63) is 35.6 Å². The summed E-state index contributed by atoms with van der Waals surface area (Å²) in [4.78, 5) is 20.7. The first-order valence-electron chi connectivity index (χ1n) is 9.72. The van der Waals surface area contributed by atoms with E-state index in [2.05, 4.69) is 25.4 Å². The molecule has 1 saturated heterocycles. The van der Waals surface area contributed by atoms with Crippen LogP contribution in [-0.2, 0) is 4.79 Å². The van der Waals surface area contributed by atoms with E-state index in [1.54, 1.807) is 13.1 Å². The summed E-state index contributed by atoms with van der Waals surface area (Å²) in [5.74, 6) is 1.02. The molecule has 6 nitrogen and oxygen atoms in total. The fraction of sp³-hybridized carbons (Fsp3) is 0.600. The van der Waals surface area contributed by atoms with Gasteiger partial charge in [-0.3, -0.25) is 14.7 Å². The number of aliphatic imine (C=N–C) groups is 1. The molecule has 1 aliphatic carbocycles. The number of carbonyl (C=O) groups is 1. The Hall–Kier alpha value is -1.42. The first-order chi connectivity index (χ1) is 13.0. The molecule has 0 aromatic heterocycles. The highest BCUT2D eigenvalue weighted by atomic mass is 127. The standard InChI is InChI=1S/C20H30FN5O.HI/c1-14(2)23-19(27)13-25-8-10-26(11-9-25)20(22-3)24-18-12-16(18)15-6-4-5-7-17(15)21;/h4-7,14,16,18H,8-13H2,1-3H3,(H,22,24)(H,23,27);1H. The lowest BCUT2D eigenvalue weighted by Gasteiger charge is -2.36. The highest BCUT2D eigenvalue weighted by molar-refractivity contribution is 14.0. The average Bonchev–Trinajstić information content (AvgIpc) is 3.39. The Kier molecular flexibility index (Phi) is 8.48. The van der Waals surface area contributed by atoms with E-state index < -0.39 is 0 Å². The van der Waals surface area contributed by atoms with Crippen LogP contribution in [0.4, 0.5) is 4.39 Å². The molecule has 1 aromatic rings. The number of hydrogen-bond acceptors (Lipinski definition) is 3. The van der Waals surface area contributed by atoms with E-state index in [1.165, 1.54) is 6.07 Å². The Labute approximate surface area is 184 Å². The second kappa shape index (κ2) is 10.4. The number of carbonyl (C=O) groups excluding carboxylic acids is 1. The quantitative estimate of drug-likeness (QED) is 0.367. The van der Waals surface area contributed by atoms with Crippen molar-refractivity contribution in [2.45, 2.75) is 38.3 Å². The van der Waals surface area contributed by atoms with Gasteiger partial charge >= 0.3 is 0 Å². The summed E-state index contributed by atoms with van der Waals surface area (Å²) in [6.07, 6.45) is 0.926. The summed E-state index contributed by atoms with van der Waals surface area (Å²) in [7, 11) is 1.78. The molecule has 0 radical (unpaired) electrons. The van der Waals surface area contributed by atoms with Gasteiger partial charge in [0.25, 0.3) is 0 Å². The number of rotatable bonds is 5. The summed E-state index contributed by atoms with van der Waals surface area (Å²) in [6, 6.07) is 7.40. The zero-order valence-corrected chi connectivity index (χ0v) is 19.2. The maximum absolute atomic E-state index is 13.9. The lowest BCUT2D eigenvalue weighted by atomic mass is 10.1. The summed E-state index contributed by atoms with van der Waals surface area (Å²) in [5, 5.41) is 6.41. The van der Waals surface area contributed by atoms with Gasteiger partial charge in [-0.15, -0.1) is 24.0 Å². The minimum absolute atomic E-state index is 0. The van der Waals surface area contributed by atoms with Crippen molar-refractivity contribution in [3.63, 3.8) is 0 Å². The van der Waals surface area contributed by atoms with Gasteiger partial charge in [-0.1, -0.05) is 18.2 Å². The molecular formula is C20H31FIN5O. The summed E-state index contributed by atoms with van der Waals surface area (Å²) in [5.41, 5.74) is 0.784. The third-order valence-corrected chi connectivity index (χ3v) is 5.11. The molecule has 0 spiro atoms. The molecule has 2 unspecified atom stereocenters. The van der Waals surface area contributed by atoms with Crippen LogP contribution in [0.3, 0.4) is 0 Å². The second-order valence-electron chi connectivity index (χ2n) is 7.65. The van der Waals surface area contributed by atoms with Crippen LogP contribution < -0.4 is 10.6 Å². The van der Waals surface area contributed by atoms with Gasteiger partial charge in [0.15, 0.2) is 5.96 Å². The minimum atomic E-state index is -0.130. The molecule has 2 aliphatic rings. The van der Waals surface area contributed by atoms with E-state index >= 15 is 0 Å². The number of piperazine rings is 1. The monoisotopic (exact) mass is 503 g/mol. The maximum atomic E-state index is 13.9. The molecule has 8 heteroatoms. The van der Waals surface area contributed by atoms with Gasteiger partial charge in [-0.05, 0) is 31.9 Å². The summed E-state index contributed by atoms with van der Waals surface area (Å²) >= 11 is 0. The second-order valence-corrected chi connectivity index (χ2v) is 7.65. The molecular weight excluding hydrogens is 472 g/mol. The third kappa shape index (κ3) is 6.04. The largest absolute Gasteiger partial charge is 0.353 e. The highest BCUT2D eigenvalue weighted by Crippen LogP contribution is 2.41. The molecule has 3 rings (SSSR count). The van der Waals surface area contributed by atoms with Crippen LogP contribution in [0.5, 0.6) is 0 Å². The van der Waals surface area contributed by atoms with E-state index in [1.807, 2.05) is 26.0 Å². The molecule has 2 atom stereocenters. The van der Waals surface area contributed by atoms with Crippen molar-refractivity contribution in [1.82, 2.24) is 20.4 Å². The lowest BCUT2D eigenvalue weighted by molar-refractivity contribution is -0.123. The Morgan fingerprint density at radius 2 is 1.93 bits per heavy atom. The zero-order chi connectivity index (χ0) is 19.4. The van der Waals surface area contributed by atoms with Crippen molar-refractivity contribution in [1.29, 1.82) is 0 Å². The van der Waals surface area contributed by atoms with Crippen molar-refractivity contribution >= 4 is 35.8 Å². The number of nitrogens with one attached hydrogen (secondary N) is 2. The van der Waals surface area contributed by atoms with Crippen LogP contribution >= 0.6 is 24.0 Å². The third-order valence-electron chi connectivity index (χ3n) is 5.11. The van der Waals surface area contributed by atoms with Gasteiger partial charge in [0.05, 0.1) is 6.54 Å². The maximum Gasteiger partial charge on any atom is 0.234 e. The molecule has 1 aliphatic heterocycles. The van der Waals surface area contributed by atoms with E-state index in [9.17, 15) is 9.18 Å². The first kappa shape index (κ1) is 22.9. The van der Waals surface area contributed by atoms with Crippen molar-refractivity contribution < 1.29 is 9.18 Å². The van der Waals surface area contributed by atoms with Crippen LogP contribution in [0.25, 0.3) is 0 Å². The predicted octanol–water partition coefficient (Wildman–Crippen LogP) is 2.02. The van der Waals surface area contributed by atoms with Crippen LogP contribution in [0.1, 0.15) is 31.7 Å². The number of halogens is 2. The predicted molar refractivity (Wildman–Crippen MR) is 121 cm³/mol. The Morgan fingerprint density at radius 1 is 1.25 bits per heavy atom. The molecule has 1 heterocycles. The summed E-state index contributed by atoms with van der Waals surface area (Å²) < 4.78 is 13.9. The lowest BCUT2D eigenvalue weighted by Crippen LogP contribution is -2.54. The zero-order valence-electron chi connectivity index (χ0n) is 16.8. The van der Waals surface area contributed by atoms with Crippen LogP contribution in [-0.4, -0.2) is 73.5 Å². The van der Waals surface area contributed by atoms with E-state index in [0.717, 1.165) is 44.1 Å². The SMILES string of the molecule is CN=C(NC1CC1c1ccccc1F)N1CCN(CC(=O)NC(C)C)CC1.I. The van der Waals surface area contributed by atoms with Gasteiger partial charge in [0.2, 0.25) is 5.91 Å². The fourth-order valence-electron chi connectivity index (χ4n) is 3.63. The molecule has 2 N–H and O–H groups in total. The normalized spacial score (nSPS) is 22.6. The Bertz CT molecular complexity index is 691. The Balaban J connectivity index is 0.00000280. The molecule has 1 saturated carbocycles. The van der Waals surface area contributed by atoms with Gasteiger partial charge in [-0.2, -0.15) is 0 Å². The van der Waals surface area contributed by atoms with Gasteiger partial charge in [0, 0.05) is 51.2 Å². The first-order valence-corrected chi connectivity index (χ1v) is 9.72. The van der Waals surface area contributed by atoms with Crippen LogP contribution in [0.15, 0.2) is 29.3 Å². The van der Waals surface area contributed by atoms with Gasteiger partial charge in [-0.25, -0.2) is 4.39 Å². The molecule has 2 fully saturated rings. The number of hydrogen-bond donors (Lipinski definition) is 2. The minimum Gasteiger partial charge on any atom is -0.353 e. The van der Waals surface area contributed by atoms with Gasteiger partial charge in [0.1, 0.15) is 5.82 Å². The van der Waals surface area contributed by atoms with E-state index in [4.69, 9.17) is 0 Å². The molecule has 156 valence electrons. The number of benzene rings is 1. The number of guanidine groups is 1. The topological polar surface area (TPSA) is 60.0 Å². The number of nitrogens with zero attached hydrogens (tertiary/aromatic N) is 3. The highest BCUT2D eigenvalue weighted by Gasteiger charge is 2.41. The molecule has 0 bridgehead atoms. The molecule has 1 aromatic carbocycles. The van der Waals surface area contributed by atoms with E-state index in [-0.39, 0.29) is 53.7 Å². The van der Waals surface area contributed by atoms with Crippen LogP contribution in [0.2, 0.25) is 0 Å². The van der Waals surface area contributed by atoms with E-state index in [0.29, 0.717) is 6.54 Å². The smallest absolute Gasteiger partial charge is 0.234 e. The van der Waals surface area contributed by atoms with Crippen molar-refractivity contribution in [2.75, 3.05) is 39.8 Å². The fourth-order valence-corrected chi connectivity index (χ4v) is 3.63. The van der Waals surface area contributed by atoms with Crippen molar-refractivity contribution in [3.8, 4) is 0 Å². The Morgan fingerprint density at radius 3 is 2.54 bits per heavy atom. The van der Waals surface area contributed by atoms with Gasteiger partial charge < -0.3 is 15.5 Å².